The molecule has 1 amide bonds. The van der Waals surface area contributed by atoms with Crippen LogP contribution in [0.15, 0.2) is 55.0 Å². The van der Waals surface area contributed by atoms with E-state index in [4.69, 9.17) is 18.9 Å². The maximum atomic E-state index is 12.8. The van der Waals surface area contributed by atoms with Crippen molar-refractivity contribution in [3.63, 3.8) is 0 Å². The zero-order valence-corrected chi connectivity index (χ0v) is 23.0. The minimum Gasteiger partial charge on any atom is -0.497 e. The molecule has 0 saturated heterocycles. The highest BCUT2D eigenvalue weighted by atomic mass is 16.5. The molecular weight excluding hydrogens is 512 g/mol. The number of nitrogens with zero attached hydrogens (tertiary/aromatic N) is 4. The Morgan fingerprint density at radius 1 is 1.00 bits per heavy atom. The largest absolute Gasteiger partial charge is 0.497 e. The smallest absolute Gasteiger partial charge is 0.260 e. The van der Waals surface area contributed by atoms with Crippen molar-refractivity contribution in [3.8, 4) is 23.0 Å². The van der Waals surface area contributed by atoms with Gasteiger partial charge in [-0.15, -0.1) is 0 Å². The van der Waals surface area contributed by atoms with Gasteiger partial charge in [-0.1, -0.05) is 0 Å². The first kappa shape index (κ1) is 27.1. The van der Waals surface area contributed by atoms with E-state index in [1.165, 1.54) is 6.33 Å². The molecule has 1 aliphatic heterocycles. The number of amides is 1. The van der Waals surface area contributed by atoms with Gasteiger partial charge in [0.2, 0.25) is 0 Å². The molecule has 2 N–H and O–H groups in total. The van der Waals surface area contributed by atoms with Crippen LogP contribution < -0.4 is 24.3 Å². The number of H-pyrrole nitrogens is 1. The third-order valence-electron chi connectivity index (χ3n) is 6.68. The van der Waals surface area contributed by atoms with Crippen molar-refractivity contribution in [2.75, 3.05) is 59.4 Å². The van der Waals surface area contributed by atoms with Crippen molar-refractivity contribution in [2.45, 2.75) is 13.0 Å². The average molecular weight is 547 g/mol. The zero-order valence-electron chi connectivity index (χ0n) is 23.0. The minimum atomic E-state index is -0.104. The molecule has 0 atom stereocenters. The zero-order chi connectivity index (χ0) is 27.9. The summed E-state index contributed by atoms with van der Waals surface area (Å²) < 4.78 is 23.0. The van der Waals surface area contributed by atoms with E-state index in [0.717, 1.165) is 47.5 Å². The van der Waals surface area contributed by atoms with Crippen LogP contribution in [0, 0.1) is 0 Å². The summed E-state index contributed by atoms with van der Waals surface area (Å²) >= 11 is 0. The lowest BCUT2D eigenvalue weighted by molar-refractivity contribution is -0.132. The van der Waals surface area contributed by atoms with E-state index in [1.54, 1.807) is 19.1 Å². The Bertz CT molecular complexity index is 1440. The lowest BCUT2D eigenvalue weighted by atomic mass is 10.2. The summed E-state index contributed by atoms with van der Waals surface area (Å²) in [6, 6.07) is 12.9. The first-order valence-electron chi connectivity index (χ1n) is 13.2. The van der Waals surface area contributed by atoms with Crippen LogP contribution >= 0.6 is 0 Å². The molecule has 2 aromatic heterocycles. The van der Waals surface area contributed by atoms with E-state index in [9.17, 15) is 4.79 Å². The maximum Gasteiger partial charge on any atom is 0.260 e. The minimum absolute atomic E-state index is 0.103. The van der Waals surface area contributed by atoms with Crippen LogP contribution in [0.1, 0.15) is 12.0 Å². The van der Waals surface area contributed by atoms with Gasteiger partial charge in [0, 0.05) is 38.1 Å². The molecule has 1 aliphatic rings. The van der Waals surface area contributed by atoms with Gasteiger partial charge in [0.25, 0.3) is 5.91 Å². The summed E-state index contributed by atoms with van der Waals surface area (Å²) in [4.78, 5) is 28.9. The van der Waals surface area contributed by atoms with Crippen LogP contribution in [0.5, 0.6) is 23.0 Å². The van der Waals surface area contributed by atoms with Gasteiger partial charge in [-0.3, -0.25) is 4.79 Å². The fourth-order valence-electron chi connectivity index (χ4n) is 4.51. The number of hydrogen-bond acceptors (Lipinski definition) is 9. The molecule has 11 heteroatoms. The number of methoxy groups -OCH3 is 1. The van der Waals surface area contributed by atoms with Gasteiger partial charge in [-0.05, 0) is 62.0 Å². The Morgan fingerprint density at radius 3 is 2.62 bits per heavy atom. The van der Waals surface area contributed by atoms with E-state index in [-0.39, 0.29) is 19.1 Å². The fraction of sp³-hybridized carbons (Fsp3) is 0.345. The van der Waals surface area contributed by atoms with Crippen molar-refractivity contribution in [1.29, 1.82) is 0 Å². The molecule has 4 aromatic rings. The monoisotopic (exact) mass is 546 g/mol. The lowest BCUT2D eigenvalue weighted by Crippen LogP contribution is -2.33. The quantitative estimate of drug-likeness (QED) is 0.348. The summed E-state index contributed by atoms with van der Waals surface area (Å²) in [6.07, 6.45) is 4.33. The van der Waals surface area contributed by atoms with Crippen molar-refractivity contribution < 1.29 is 23.7 Å². The predicted octanol–water partition coefficient (Wildman–Crippen LogP) is 3.84. The number of aromatic nitrogens is 3. The van der Waals surface area contributed by atoms with Crippen LogP contribution in [-0.2, 0) is 11.3 Å². The SMILES string of the molecule is COc1ccc(OCCOc2ccc3cc2OCC(=O)N(C)CCCN(C)Cc2c[nH]c4ncnc(c24)N3)cc1. The second-order valence-electron chi connectivity index (χ2n) is 9.61. The molecule has 210 valence electrons. The number of anilines is 2. The summed E-state index contributed by atoms with van der Waals surface area (Å²) in [6.45, 7) is 2.69. The average Bonchev–Trinajstić information content (AvgIpc) is 3.38. The number of rotatable bonds is 6. The number of carbonyl (C=O) groups is 1. The summed E-state index contributed by atoms with van der Waals surface area (Å²) in [5.74, 6) is 3.02. The third kappa shape index (κ3) is 6.55. The van der Waals surface area contributed by atoms with E-state index in [1.807, 2.05) is 48.7 Å². The van der Waals surface area contributed by atoms with Crippen LogP contribution in [0.3, 0.4) is 0 Å². The number of aromatic amines is 1. The number of carbonyl (C=O) groups excluding carboxylic acids is 1. The highest BCUT2D eigenvalue weighted by Gasteiger charge is 2.17. The first-order valence-corrected chi connectivity index (χ1v) is 13.2. The van der Waals surface area contributed by atoms with Gasteiger partial charge in [0.1, 0.15) is 42.5 Å². The number of fused-ring (bicyclic) bond motifs is 2. The van der Waals surface area contributed by atoms with Gasteiger partial charge < -0.3 is 39.0 Å². The molecule has 40 heavy (non-hydrogen) atoms. The molecule has 5 rings (SSSR count). The molecule has 11 nitrogen and oxygen atoms in total. The Morgan fingerprint density at radius 2 is 1.80 bits per heavy atom. The Hall–Kier alpha value is -4.51. The molecule has 0 radical (unpaired) electrons. The number of nitrogens with one attached hydrogen (secondary N) is 2. The van der Waals surface area contributed by atoms with E-state index in [2.05, 4.69) is 32.2 Å². The van der Waals surface area contributed by atoms with Crippen molar-refractivity contribution in [1.82, 2.24) is 24.8 Å². The van der Waals surface area contributed by atoms with Crippen LogP contribution in [0.2, 0.25) is 0 Å². The number of ether oxygens (including phenoxy) is 4. The van der Waals surface area contributed by atoms with Gasteiger partial charge in [0.15, 0.2) is 18.1 Å². The molecule has 0 unspecified atom stereocenters. The predicted molar refractivity (Wildman–Crippen MR) is 152 cm³/mol. The highest BCUT2D eigenvalue weighted by molar-refractivity contribution is 5.92. The topological polar surface area (TPSA) is 114 Å². The normalized spacial score (nSPS) is 14.9. The molecule has 2 bridgehead atoms. The van der Waals surface area contributed by atoms with Gasteiger partial charge in [-0.2, -0.15) is 0 Å². The number of benzene rings is 2. The van der Waals surface area contributed by atoms with Gasteiger partial charge in [0.05, 0.1) is 12.5 Å². The van der Waals surface area contributed by atoms with E-state index in [0.29, 0.717) is 36.2 Å². The Labute approximate surface area is 233 Å². The van der Waals surface area contributed by atoms with Gasteiger partial charge >= 0.3 is 0 Å². The van der Waals surface area contributed by atoms with E-state index >= 15 is 0 Å². The van der Waals surface area contributed by atoms with Crippen LogP contribution in [-0.4, -0.2) is 84.8 Å². The van der Waals surface area contributed by atoms with Crippen molar-refractivity contribution >= 4 is 28.4 Å². The van der Waals surface area contributed by atoms with Gasteiger partial charge in [-0.25, -0.2) is 9.97 Å². The van der Waals surface area contributed by atoms with E-state index < -0.39 is 0 Å². The molecule has 2 aromatic carbocycles. The number of hydrogen-bond donors (Lipinski definition) is 2. The molecule has 0 fully saturated rings. The van der Waals surface area contributed by atoms with Crippen LogP contribution in [0.25, 0.3) is 11.0 Å². The Balaban J connectivity index is 1.36. The first-order chi connectivity index (χ1) is 19.5. The van der Waals surface area contributed by atoms with Crippen molar-refractivity contribution in [2.24, 2.45) is 0 Å². The third-order valence-corrected chi connectivity index (χ3v) is 6.68. The lowest BCUT2D eigenvalue weighted by Gasteiger charge is -2.22. The molecule has 0 aliphatic carbocycles. The summed E-state index contributed by atoms with van der Waals surface area (Å²) in [7, 11) is 5.48. The molecule has 3 heterocycles. The molecule has 0 spiro atoms. The van der Waals surface area contributed by atoms with Crippen LogP contribution in [0.4, 0.5) is 11.5 Å². The molecule has 0 saturated carbocycles. The standard InChI is InChI=1S/C29H34N6O5/c1-34-11-4-12-35(2)26(36)18-40-25-15-21(33-29-27-20(17-34)16-30-28(27)31-19-32-29)5-10-24(25)39-14-13-38-23-8-6-22(37-3)7-9-23/h5-10,15-16,19H,4,11-14,17-18H2,1-3H3,(H2,30,31,32,33). The summed E-state index contributed by atoms with van der Waals surface area (Å²) in [5.41, 5.74) is 2.59. The summed E-state index contributed by atoms with van der Waals surface area (Å²) in [5, 5.41) is 4.34. The second-order valence-corrected chi connectivity index (χ2v) is 9.61. The fourth-order valence-corrected chi connectivity index (χ4v) is 4.51. The second kappa shape index (κ2) is 12.6. The van der Waals surface area contributed by atoms with Crippen molar-refractivity contribution in [3.05, 3.63) is 60.6 Å². The molecular formula is C29H34N6O5. The highest BCUT2D eigenvalue weighted by Crippen LogP contribution is 2.34. The Kier molecular flexibility index (Phi) is 8.50. The maximum absolute atomic E-state index is 12.8. The number of likely N-dealkylation sites (N-methyl/N-ethyl adjacent to an activating group) is 1.